The van der Waals surface area contributed by atoms with Crippen LogP contribution in [0.25, 0.3) is 0 Å². The fraction of sp³-hybridized carbons (Fsp3) is 0.0667. The number of carbonyl (C=O) groups excluding carboxylic acids is 2. The molecule has 0 bridgehead atoms. The maximum absolute atomic E-state index is 12.1. The first-order chi connectivity index (χ1) is 9.09. The summed E-state index contributed by atoms with van der Waals surface area (Å²) in [6.07, 6.45) is 0. The van der Waals surface area contributed by atoms with E-state index in [1.54, 1.807) is 49.5 Å². The Morgan fingerprint density at radius 3 is 2.11 bits per heavy atom. The van der Waals surface area contributed by atoms with Crippen molar-refractivity contribution in [2.75, 3.05) is 11.9 Å². The van der Waals surface area contributed by atoms with E-state index in [2.05, 4.69) is 15.9 Å². The van der Waals surface area contributed by atoms with Crippen LogP contribution in [0, 0.1) is 0 Å². The van der Waals surface area contributed by atoms with E-state index in [9.17, 15) is 9.59 Å². The van der Waals surface area contributed by atoms with Crippen LogP contribution in [0.5, 0.6) is 0 Å². The molecule has 0 aliphatic heterocycles. The summed E-state index contributed by atoms with van der Waals surface area (Å²) in [5.41, 5.74) is 1.08. The van der Waals surface area contributed by atoms with E-state index in [-0.39, 0.29) is 0 Å². The number of benzene rings is 2. The molecule has 0 fully saturated rings. The standard InChI is InChI=1S/C15H12BrNO2/c1-17(13-9-7-12(16)8-10-13)15(19)14(18)11-5-3-2-4-6-11/h2-10H,1H3. The first-order valence-corrected chi connectivity index (χ1v) is 6.52. The van der Waals surface area contributed by atoms with E-state index in [0.29, 0.717) is 11.3 Å². The van der Waals surface area contributed by atoms with E-state index in [1.165, 1.54) is 4.90 Å². The Bertz CT molecular complexity index is 593. The number of amides is 1. The van der Waals surface area contributed by atoms with Crippen LogP contribution in [0.3, 0.4) is 0 Å². The number of carbonyl (C=O) groups is 2. The second-order valence-electron chi connectivity index (χ2n) is 4.04. The molecule has 4 heteroatoms. The number of hydrogen-bond donors (Lipinski definition) is 0. The van der Waals surface area contributed by atoms with Crippen LogP contribution >= 0.6 is 15.9 Å². The Hall–Kier alpha value is -1.94. The van der Waals surface area contributed by atoms with Crippen LogP contribution in [0.4, 0.5) is 5.69 Å². The molecule has 0 saturated heterocycles. The molecule has 0 saturated carbocycles. The Kier molecular flexibility index (Phi) is 4.12. The van der Waals surface area contributed by atoms with Gasteiger partial charge in [-0.25, -0.2) is 0 Å². The zero-order valence-electron chi connectivity index (χ0n) is 10.3. The van der Waals surface area contributed by atoms with Crippen molar-refractivity contribution in [3.8, 4) is 0 Å². The lowest BCUT2D eigenvalue weighted by Crippen LogP contribution is -2.33. The maximum atomic E-state index is 12.1. The summed E-state index contributed by atoms with van der Waals surface area (Å²) in [6.45, 7) is 0. The zero-order valence-corrected chi connectivity index (χ0v) is 11.9. The van der Waals surface area contributed by atoms with Crippen LogP contribution in [0.2, 0.25) is 0 Å². The van der Waals surface area contributed by atoms with Gasteiger partial charge in [0.25, 0.3) is 11.7 Å². The molecule has 0 aliphatic carbocycles. The van der Waals surface area contributed by atoms with Crippen molar-refractivity contribution in [2.45, 2.75) is 0 Å². The molecule has 96 valence electrons. The molecule has 2 aromatic carbocycles. The molecule has 0 unspecified atom stereocenters. The number of hydrogen-bond acceptors (Lipinski definition) is 2. The number of nitrogens with zero attached hydrogens (tertiary/aromatic N) is 1. The van der Waals surface area contributed by atoms with E-state index in [4.69, 9.17) is 0 Å². The van der Waals surface area contributed by atoms with Crippen molar-refractivity contribution in [3.63, 3.8) is 0 Å². The quantitative estimate of drug-likeness (QED) is 0.643. The summed E-state index contributed by atoms with van der Waals surface area (Å²) in [7, 11) is 1.59. The molecule has 0 radical (unpaired) electrons. The summed E-state index contributed by atoms with van der Waals surface area (Å²) >= 11 is 3.33. The van der Waals surface area contributed by atoms with Gasteiger partial charge < -0.3 is 4.90 Å². The summed E-state index contributed by atoms with van der Waals surface area (Å²) in [6, 6.07) is 15.8. The fourth-order valence-corrected chi connectivity index (χ4v) is 1.91. The lowest BCUT2D eigenvalue weighted by molar-refractivity contribution is -0.114. The normalized spacial score (nSPS) is 10.0. The predicted molar refractivity (Wildman–Crippen MR) is 78.3 cm³/mol. The van der Waals surface area contributed by atoms with E-state index in [1.807, 2.05) is 12.1 Å². The fourth-order valence-electron chi connectivity index (χ4n) is 1.65. The van der Waals surface area contributed by atoms with Crippen LogP contribution in [0.1, 0.15) is 10.4 Å². The molecular formula is C15H12BrNO2. The average molecular weight is 318 g/mol. The molecule has 0 heterocycles. The van der Waals surface area contributed by atoms with Crippen LogP contribution in [-0.2, 0) is 4.79 Å². The monoisotopic (exact) mass is 317 g/mol. The molecule has 0 atom stereocenters. The van der Waals surface area contributed by atoms with Gasteiger partial charge in [-0.2, -0.15) is 0 Å². The summed E-state index contributed by atoms with van der Waals surface area (Å²) < 4.78 is 0.923. The van der Waals surface area contributed by atoms with E-state index >= 15 is 0 Å². The molecule has 0 spiro atoms. The summed E-state index contributed by atoms with van der Waals surface area (Å²) in [4.78, 5) is 25.5. The predicted octanol–water partition coefficient (Wildman–Crippen LogP) is 3.29. The van der Waals surface area contributed by atoms with Gasteiger partial charge in [0.1, 0.15) is 0 Å². The summed E-state index contributed by atoms with van der Waals surface area (Å²) in [5, 5.41) is 0. The van der Waals surface area contributed by atoms with Gasteiger partial charge in [0.05, 0.1) is 0 Å². The largest absolute Gasteiger partial charge is 0.309 e. The van der Waals surface area contributed by atoms with Crippen molar-refractivity contribution in [1.29, 1.82) is 0 Å². The van der Waals surface area contributed by atoms with Gasteiger partial charge in [0.15, 0.2) is 0 Å². The summed E-state index contributed by atoms with van der Waals surface area (Å²) in [5.74, 6) is -1.06. The molecule has 19 heavy (non-hydrogen) atoms. The highest BCUT2D eigenvalue weighted by molar-refractivity contribution is 9.10. The molecule has 2 rings (SSSR count). The lowest BCUT2D eigenvalue weighted by Gasteiger charge is -2.16. The number of ketones is 1. The Labute approximate surface area is 120 Å². The molecule has 0 N–H and O–H groups in total. The first-order valence-electron chi connectivity index (χ1n) is 5.72. The van der Waals surface area contributed by atoms with Gasteiger partial charge in [-0.1, -0.05) is 46.3 Å². The van der Waals surface area contributed by atoms with Crippen molar-refractivity contribution in [1.82, 2.24) is 0 Å². The second-order valence-corrected chi connectivity index (χ2v) is 4.95. The minimum Gasteiger partial charge on any atom is -0.309 e. The van der Waals surface area contributed by atoms with Gasteiger partial charge in [-0.05, 0) is 24.3 Å². The lowest BCUT2D eigenvalue weighted by atomic mass is 10.1. The van der Waals surface area contributed by atoms with E-state index < -0.39 is 11.7 Å². The first kappa shape index (κ1) is 13.5. The number of anilines is 1. The SMILES string of the molecule is CN(C(=O)C(=O)c1ccccc1)c1ccc(Br)cc1. The van der Waals surface area contributed by atoms with Gasteiger partial charge in [0.2, 0.25) is 0 Å². The van der Waals surface area contributed by atoms with Crippen molar-refractivity contribution >= 4 is 33.3 Å². The van der Waals surface area contributed by atoms with Gasteiger partial charge in [-0.15, -0.1) is 0 Å². The average Bonchev–Trinajstić information content (AvgIpc) is 2.46. The zero-order chi connectivity index (χ0) is 13.8. The van der Waals surface area contributed by atoms with Crippen LogP contribution in [0.15, 0.2) is 59.1 Å². The van der Waals surface area contributed by atoms with E-state index in [0.717, 1.165) is 4.47 Å². The third-order valence-corrected chi connectivity index (χ3v) is 3.28. The molecule has 0 aliphatic rings. The van der Waals surface area contributed by atoms with Gasteiger partial charge in [0, 0.05) is 22.8 Å². The van der Waals surface area contributed by atoms with Crippen LogP contribution in [-0.4, -0.2) is 18.7 Å². The highest BCUT2D eigenvalue weighted by Gasteiger charge is 2.21. The number of likely N-dealkylation sites (N-methyl/N-ethyl adjacent to an activating group) is 1. The van der Waals surface area contributed by atoms with Crippen LogP contribution < -0.4 is 4.90 Å². The second kappa shape index (κ2) is 5.80. The molecule has 3 nitrogen and oxygen atoms in total. The molecule has 2 aromatic rings. The Morgan fingerprint density at radius 1 is 0.947 bits per heavy atom. The molecule has 1 amide bonds. The Balaban J connectivity index is 2.20. The highest BCUT2D eigenvalue weighted by atomic mass is 79.9. The van der Waals surface area contributed by atoms with Crippen molar-refractivity contribution in [3.05, 3.63) is 64.6 Å². The molecular weight excluding hydrogens is 306 g/mol. The van der Waals surface area contributed by atoms with Crippen molar-refractivity contribution in [2.24, 2.45) is 0 Å². The third kappa shape index (κ3) is 3.09. The minimum atomic E-state index is -0.548. The smallest absolute Gasteiger partial charge is 0.299 e. The Morgan fingerprint density at radius 2 is 1.53 bits per heavy atom. The third-order valence-electron chi connectivity index (χ3n) is 2.75. The van der Waals surface area contributed by atoms with Crippen molar-refractivity contribution < 1.29 is 9.59 Å². The maximum Gasteiger partial charge on any atom is 0.299 e. The number of halogens is 1. The number of rotatable bonds is 3. The molecule has 0 aromatic heterocycles. The highest BCUT2D eigenvalue weighted by Crippen LogP contribution is 2.18. The van der Waals surface area contributed by atoms with Gasteiger partial charge in [-0.3, -0.25) is 9.59 Å². The minimum absolute atomic E-state index is 0.400. The van der Waals surface area contributed by atoms with Gasteiger partial charge >= 0.3 is 0 Å². The number of Topliss-reactive ketones (excluding diaryl/α,β-unsaturated/α-hetero) is 1. The topological polar surface area (TPSA) is 37.4 Å².